The molecule has 1 heterocycles. The second-order valence-corrected chi connectivity index (χ2v) is 9.28. The molecule has 3 aromatic rings. The second kappa shape index (κ2) is 9.00. The van der Waals surface area contributed by atoms with Crippen LogP contribution in [-0.4, -0.2) is 50.9 Å². The Labute approximate surface area is 178 Å². The Balaban J connectivity index is 1.53. The number of hydrogen-bond donors (Lipinski definition) is 0. The van der Waals surface area contributed by atoms with Gasteiger partial charge < -0.3 is 4.74 Å². The van der Waals surface area contributed by atoms with Crippen LogP contribution in [0.15, 0.2) is 89.8 Å². The summed E-state index contributed by atoms with van der Waals surface area (Å²) in [5, 5.41) is 0. The van der Waals surface area contributed by atoms with E-state index in [0.29, 0.717) is 36.8 Å². The van der Waals surface area contributed by atoms with Crippen molar-refractivity contribution in [3.05, 3.63) is 96.1 Å². The first-order chi connectivity index (χ1) is 14.6. The summed E-state index contributed by atoms with van der Waals surface area (Å²) >= 11 is 0. The predicted octanol–water partition coefficient (Wildman–Crippen LogP) is 3.79. The van der Waals surface area contributed by atoms with Crippen molar-refractivity contribution in [2.24, 2.45) is 0 Å². The van der Waals surface area contributed by atoms with Crippen molar-refractivity contribution in [2.45, 2.75) is 10.9 Å². The first-order valence-electron chi connectivity index (χ1n) is 10.1. The largest absolute Gasteiger partial charge is 0.497 e. The molecule has 1 fully saturated rings. The Morgan fingerprint density at radius 3 is 1.70 bits per heavy atom. The summed E-state index contributed by atoms with van der Waals surface area (Å²) in [7, 11) is -1.95. The number of methoxy groups -OCH3 is 1. The molecule has 5 nitrogen and oxygen atoms in total. The minimum atomic E-state index is -3.51. The van der Waals surface area contributed by atoms with Gasteiger partial charge >= 0.3 is 0 Å². The highest BCUT2D eigenvalue weighted by Crippen LogP contribution is 2.30. The zero-order valence-electron chi connectivity index (χ0n) is 17.0. The highest BCUT2D eigenvalue weighted by molar-refractivity contribution is 7.89. The molecule has 3 aromatic carbocycles. The Morgan fingerprint density at radius 1 is 0.733 bits per heavy atom. The molecule has 1 aliphatic heterocycles. The van der Waals surface area contributed by atoms with Gasteiger partial charge in [-0.3, -0.25) is 4.90 Å². The van der Waals surface area contributed by atoms with Gasteiger partial charge in [-0.2, -0.15) is 4.31 Å². The van der Waals surface area contributed by atoms with Crippen molar-refractivity contribution in [3.8, 4) is 5.75 Å². The van der Waals surface area contributed by atoms with E-state index in [1.54, 1.807) is 35.7 Å². The number of sulfonamides is 1. The van der Waals surface area contributed by atoms with E-state index in [4.69, 9.17) is 4.74 Å². The highest BCUT2D eigenvalue weighted by atomic mass is 32.2. The molecule has 0 saturated carbocycles. The molecule has 156 valence electrons. The van der Waals surface area contributed by atoms with E-state index in [2.05, 4.69) is 53.4 Å². The zero-order valence-corrected chi connectivity index (χ0v) is 17.8. The fraction of sp³-hybridized carbons (Fsp3) is 0.250. The summed E-state index contributed by atoms with van der Waals surface area (Å²) in [6.45, 7) is 2.27. The fourth-order valence-corrected chi connectivity index (χ4v) is 5.41. The van der Waals surface area contributed by atoms with Crippen LogP contribution >= 0.6 is 0 Å². The van der Waals surface area contributed by atoms with Gasteiger partial charge in [0.25, 0.3) is 0 Å². The molecule has 1 aliphatic rings. The van der Waals surface area contributed by atoms with E-state index in [1.165, 1.54) is 11.1 Å². The zero-order chi connectivity index (χ0) is 21.0. The van der Waals surface area contributed by atoms with Gasteiger partial charge in [0.2, 0.25) is 10.0 Å². The summed E-state index contributed by atoms with van der Waals surface area (Å²) in [5.74, 6) is 0.646. The van der Waals surface area contributed by atoms with Crippen LogP contribution in [0.2, 0.25) is 0 Å². The van der Waals surface area contributed by atoms with E-state index < -0.39 is 10.0 Å². The van der Waals surface area contributed by atoms with E-state index in [9.17, 15) is 8.42 Å². The van der Waals surface area contributed by atoms with Crippen molar-refractivity contribution < 1.29 is 13.2 Å². The van der Waals surface area contributed by atoms with Crippen LogP contribution < -0.4 is 4.74 Å². The van der Waals surface area contributed by atoms with Crippen molar-refractivity contribution in [2.75, 3.05) is 33.3 Å². The molecule has 6 heteroatoms. The van der Waals surface area contributed by atoms with Gasteiger partial charge in [-0.1, -0.05) is 60.7 Å². The number of piperazine rings is 1. The molecule has 1 saturated heterocycles. The van der Waals surface area contributed by atoms with Gasteiger partial charge in [0.05, 0.1) is 18.0 Å². The van der Waals surface area contributed by atoms with Crippen molar-refractivity contribution in [1.29, 1.82) is 0 Å². The molecule has 0 aromatic heterocycles. The predicted molar refractivity (Wildman–Crippen MR) is 118 cm³/mol. The van der Waals surface area contributed by atoms with Crippen LogP contribution in [0.1, 0.15) is 17.2 Å². The molecule has 0 radical (unpaired) electrons. The van der Waals surface area contributed by atoms with E-state index in [0.717, 1.165) is 0 Å². The van der Waals surface area contributed by atoms with Gasteiger partial charge in [0.1, 0.15) is 5.75 Å². The maximum Gasteiger partial charge on any atom is 0.243 e. The molecular formula is C24H26N2O3S. The van der Waals surface area contributed by atoms with E-state index >= 15 is 0 Å². The Morgan fingerprint density at radius 2 is 1.23 bits per heavy atom. The van der Waals surface area contributed by atoms with Gasteiger partial charge in [-0.15, -0.1) is 0 Å². The SMILES string of the molecule is COc1ccc(S(=O)(=O)N2CCN(C(c3ccccc3)c3ccccc3)CC2)cc1. The normalized spacial score (nSPS) is 15.9. The topological polar surface area (TPSA) is 49.9 Å². The van der Waals surface area contributed by atoms with Crippen LogP contribution in [-0.2, 0) is 10.0 Å². The van der Waals surface area contributed by atoms with Crippen LogP contribution in [0, 0.1) is 0 Å². The summed E-state index contributed by atoms with van der Waals surface area (Å²) < 4.78 is 32.9. The third-order valence-electron chi connectivity index (χ3n) is 5.57. The van der Waals surface area contributed by atoms with Gasteiger partial charge in [0.15, 0.2) is 0 Å². The Kier molecular flexibility index (Phi) is 6.18. The van der Waals surface area contributed by atoms with Crippen LogP contribution in [0.4, 0.5) is 0 Å². The number of ether oxygens (including phenoxy) is 1. The Hall–Kier alpha value is -2.67. The molecule has 0 amide bonds. The van der Waals surface area contributed by atoms with Crippen LogP contribution in [0.3, 0.4) is 0 Å². The van der Waals surface area contributed by atoms with Crippen LogP contribution in [0.25, 0.3) is 0 Å². The smallest absolute Gasteiger partial charge is 0.243 e. The fourth-order valence-electron chi connectivity index (χ4n) is 3.98. The van der Waals surface area contributed by atoms with Crippen molar-refractivity contribution >= 4 is 10.0 Å². The van der Waals surface area contributed by atoms with Crippen molar-refractivity contribution in [1.82, 2.24) is 9.21 Å². The third kappa shape index (κ3) is 4.26. The lowest BCUT2D eigenvalue weighted by Crippen LogP contribution is -2.49. The molecule has 0 spiro atoms. The van der Waals surface area contributed by atoms with E-state index in [-0.39, 0.29) is 6.04 Å². The minimum absolute atomic E-state index is 0.109. The molecular weight excluding hydrogens is 396 g/mol. The molecule has 0 bridgehead atoms. The average molecular weight is 423 g/mol. The first-order valence-corrected chi connectivity index (χ1v) is 11.5. The number of hydrogen-bond acceptors (Lipinski definition) is 4. The summed E-state index contributed by atoms with van der Waals surface area (Å²) in [5.41, 5.74) is 2.44. The standard InChI is InChI=1S/C24H26N2O3S/c1-29-22-12-14-23(15-13-22)30(27,28)26-18-16-25(17-19-26)24(20-8-4-2-5-9-20)21-10-6-3-7-11-21/h2-15,24H,16-19H2,1H3. The van der Waals surface area contributed by atoms with Crippen molar-refractivity contribution in [3.63, 3.8) is 0 Å². The summed E-state index contributed by atoms with van der Waals surface area (Å²) in [6.07, 6.45) is 0. The van der Waals surface area contributed by atoms with Gasteiger partial charge in [0, 0.05) is 26.2 Å². The third-order valence-corrected chi connectivity index (χ3v) is 7.48. The lowest BCUT2D eigenvalue weighted by molar-refractivity contribution is 0.156. The highest BCUT2D eigenvalue weighted by Gasteiger charge is 2.32. The Bertz CT molecular complexity index is 1010. The van der Waals surface area contributed by atoms with Crippen LogP contribution in [0.5, 0.6) is 5.75 Å². The number of benzene rings is 3. The lowest BCUT2D eigenvalue weighted by Gasteiger charge is -2.39. The minimum Gasteiger partial charge on any atom is -0.497 e. The molecule has 0 unspecified atom stereocenters. The molecule has 30 heavy (non-hydrogen) atoms. The monoisotopic (exact) mass is 422 g/mol. The molecule has 4 rings (SSSR count). The van der Waals surface area contributed by atoms with Gasteiger partial charge in [-0.05, 0) is 35.4 Å². The first kappa shape index (κ1) is 20.6. The molecule has 0 aliphatic carbocycles. The summed E-state index contributed by atoms with van der Waals surface area (Å²) in [4.78, 5) is 2.67. The van der Waals surface area contributed by atoms with E-state index in [1.807, 2.05) is 12.1 Å². The number of nitrogens with zero attached hydrogens (tertiary/aromatic N) is 2. The summed E-state index contributed by atoms with van der Waals surface area (Å²) in [6, 6.07) is 27.5. The second-order valence-electron chi connectivity index (χ2n) is 7.34. The van der Waals surface area contributed by atoms with Gasteiger partial charge in [-0.25, -0.2) is 8.42 Å². The molecule has 0 atom stereocenters. The quantitative estimate of drug-likeness (QED) is 0.607. The molecule has 0 N–H and O–H groups in total. The lowest BCUT2D eigenvalue weighted by atomic mass is 9.96. The maximum absolute atomic E-state index is 13.1. The maximum atomic E-state index is 13.1. The number of rotatable bonds is 6. The average Bonchev–Trinajstić information content (AvgIpc) is 2.81.